The molecule has 0 aliphatic rings. The quantitative estimate of drug-likeness (QED) is 0.561. The highest BCUT2D eigenvalue weighted by Gasteiger charge is 1.95. The molecule has 1 rings (SSSR count). The maximum absolute atomic E-state index is 10.4. The molecule has 0 saturated heterocycles. The van der Waals surface area contributed by atoms with Crippen LogP contribution < -0.4 is 5.32 Å². The van der Waals surface area contributed by atoms with Crippen LogP contribution in [0.1, 0.15) is 18.9 Å². The minimum Gasteiger partial charge on any atom is -0.478 e. The monoisotopic (exact) mass is 233 g/mol. The number of carboxylic acids is 1. The molecular weight excluding hydrogens is 214 g/mol. The summed E-state index contributed by atoms with van der Waals surface area (Å²) in [5.41, 5.74) is 2.18. The molecular formula is C14H19NO2. The number of nitrogens with one attached hydrogen (secondary N) is 1. The molecule has 2 N–H and O–H groups in total. The van der Waals surface area contributed by atoms with Crippen molar-refractivity contribution in [3.63, 3.8) is 0 Å². The van der Waals surface area contributed by atoms with Gasteiger partial charge in [-0.15, -0.1) is 0 Å². The van der Waals surface area contributed by atoms with E-state index in [9.17, 15) is 4.79 Å². The second-order valence-electron chi connectivity index (χ2n) is 4.09. The number of hydrogen-bond acceptors (Lipinski definition) is 2. The third-order valence-electron chi connectivity index (χ3n) is 2.44. The summed E-state index contributed by atoms with van der Waals surface area (Å²) in [6.45, 7) is 3.36. The van der Waals surface area contributed by atoms with Gasteiger partial charge in [-0.05, 0) is 31.9 Å². The fourth-order valence-electron chi connectivity index (χ4n) is 1.61. The highest BCUT2D eigenvalue weighted by Crippen LogP contribution is 2.01. The molecule has 0 aliphatic carbocycles. The average Bonchev–Trinajstić information content (AvgIpc) is 2.29. The summed E-state index contributed by atoms with van der Waals surface area (Å²) in [4.78, 5) is 10.4. The predicted octanol–water partition coefficient (Wildman–Crippen LogP) is 2.24. The first-order valence-electron chi connectivity index (χ1n) is 5.83. The van der Waals surface area contributed by atoms with Gasteiger partial charge in [0.25, 0.3) is 0 Å². The lowest BCUT2D eigenvalue weighted by molar-refractivity contribution is -0.131. The standard InChI is InChI=1S/C14H19NO2/c1-12(10-14(16)17)11-15-9-5-8-13-6-3-2-4-7-13/h2-4,6-7,10,15H,5,8-9,11H2,1H3,(H,16,17)/b12-10-. The lowest BCUT2D eigenvalue weighted by atomic mass is 10.1. The second-order valence-corrected chi connectivity index (χ2v) is 4.09. The summed E-state index contributed by atoms with van der Waals surface area (Å²) in [6, 6.07) is 10.3. The van der Waals surface area contributed by atoms with Crippen LogP contribution in [0.25, 0.3) is 0 Å². The third-order valence-corrected chi connectivity index (χ3v) is 2.44. The Balaban J connectivity index is 2.11. The number of hydrogen-bond donors (Lipinski definition) is 2. The van der Waals surface area contributed by atoms with E-state index in [0.29, 0.717) is 6.54 Å². The Morgan fingerprint density at radius 2 is 2.06 bits per heavy atom. The Morgan fingerprint density at radius 3 is 2.71 bits per heavy atom. The van der Waals surface area contributed by atoms with E-state index in [2.05, 4.69) is 17.4 Å². The van der Waals surface area contributed by atoms with Gasteiger partial charge in [0.2, 0.25) is 0 Å². The van der Waals surface area contributed by atoms with Gasteiger partial charge in [0.15, 0.2) is 0 Å². The van der Waals surface area contributed by atoms with Crippen LogP contribution in [0.5, 0.6) is 0 Å². The van der Waals surface area contributed by atoms with Gasteiger partial charge in [0, 0.05) is 12.6 Å². The van der Waals surface area contributed by atoms with E-state index in [1.807, 2.05) is 25.1 Å². The van der Waals surface area contributed by atoms with Crippen molar-refractivity contribution in [3.8, 4) is 0 Å². The minimum absolute atomic E-state index is 0.640. The Morgan fingerprint density at radius 1 is 1.35 bits per heavy atom. The van der Waals surface area contributed by atoms with Gasteiger partial charge in [0.1, 0.15) is 0 Å². The number of rotatable bonds is 7. The molecule has 0 radical (unpaired) electrons. The van der Waals surface area contributed by atoms with E-state index in [1.54, 1.807) is 0 Å². The lowest BCUT2D eigenvalue weighted by Gasteiger charge is -2.04. The maximum Gasteiger partial charge on any atom is 0.328 e. The molecule has 0 spiro atoms. The van der Waals surface area contributed by atoms with Crippen molar-refractivity contribution < 1.29 is 9.90 Å². The van der Waals surface area contributed by atoms with Gasteiger partial charge in [-0.3, -0.25) is 0 Å². The number of carbonyl (C=O) groups is 1. The molecule has 3 heteroatoms. The van der Waals surface area contributed by atoms with Crippen LogP contribution in [0, 0.1) is 0 Å². The Hall–Kier alpha value is -1.61. The second kappa shape index (κ2) is 7.63. The van der Waals surface area contributed by atoms with Crippen molar-refractivity contribution >= 4 is 5.97 Å². The summed E-state index contributed by atoms with van der Waals surface area (Å²) < 4.78 is 0. The van der Waals surface area contributed by atoms with Gasteiger partial charge in [-0.25, -0.2) is 4.79 Å². The van der Waals surface area contributed by atoms with Crippen molar-refractivity contribution in [3.05, 3.63) is 47.5 Å². The average molecular weight is 233 g/mol. The van der Waals surface area contributed by atoms with Crippen LogP contribution in [0.4, 0.5) is 0 Å². The third kappa shape index (κ3) is 6.53. The van der Waals surface area contributed by atoms with E-state index >= 15 is 0 Å². The molecule has 0 heterocycles. The molecule has 1 aromatic rings. The van der Waals surface area contributed by atoms with Gasteiger partial charge >= 0.3 is 5.97 Å². The zero-order valence-corrected chi connectivity index (χ0v) is 10.1. The first-order chi connectivity index (χ1) is 8.18. The van der Waals surface area contributed by atoms with Crippen LogP contribution in [-0.2, 0) is 11.2 Å². The fourth-order valence-corrected chi connectivity index (χ4v) is 1.61. The van der Waals surface area contributed by atoms with Gasteiger partial charge in [-0.2, -0.15) is 0 Å². The predicted molar refractivity (Wildman–Crippen MR) is 69.0 cm³/mol. The first-order valence-corrected chi connectivity index (χ1v) is 5.83. The summed E-state index contributed by atoms with van der Waals surface area (Å²) in [7, 11) is 0. The van der Waals surface area contributed by atoms with Crippen molar-refractivity contribution in [1.82, 2.24) is 5.32 Å². The van der Waals surface area contributed by atoms with Gasteiger partial charge < -0.3 is 10.4 Å². The Labute approximate surface area is 102 Å². The fraction of sp³-hybridized carbons (Fsp3) is 0.357. The minimum atomic E-state index is -0.881. The number of carboxylic acid groups (broad SMARTS) is 1. The number of aryl methyl sites for hydroxylation is 1. The molecule has 0 fully saturated rings. The van der Waals surface area contributed by atoms with E-state index in [-0.39, 0.29) is 0 Å². The molecule has 0 amide bonds. The molecule has 0 aliphatic heterocycles. The van der Waals surface area contributed by atoms with E-state index in [0.717, 1.165) is 25.0 Å². The Bertz CT molecular complexity index is 371. The first kappa shape index (κ1) is 13.5. The highest BCUT2D eigenvalue weighted by molar-refractivity contribution is 5.80. The molecule has 0 unspecified atom stereocenters. The number of aliphatic carboxylic acids is 1. The van der Waals surface area contributed by atoms with E-state index < -0.39 is 5.97 Å². The highest BCUT2D eigenvalue weighted by atomic mass is 16.4. The number of benzene rings is 1. The molecule has 0 saturated carbocycles. The topological polar surface area (TPSA) is 49.3 Å². The van der Waals surface area contributed by atoms with E-state index in [1.165, 1.54) is 11.6 Å². The van der Waals surface area contributed by atoms with Crippen LogP contribution in [-0.4, -0.2) is 24.2 Å². The summed E-state index contributed by atoms with van der Waals surface area (Å²) >= 11 is 0. The maximum atomic E-state index is 10.4. The zero-order valence-electron chi connectivity index (χ0n) is 10.1. The van der Waals surface area contributed by atoms with Crippen molar-refractivity contribution in [1.29, 1.82) is 0 Å². The van der Waals surface area contributed by atoms with Crippen LogP contribution in [0.2, 0.25) is 0 Å². The van der Waals surface area contributed by atoms with Gasteiger partial charge in [0.05, 0.1) is 0 Å². The molecule has 17 heavy (non-hydrogen) atoms. The van der Waals surface area contributed by atoms with Crippen LogP contribution in [0.15, 0.2) is 42.0 Å². The molecule has 0 bridgehead atoms. The normalized spacial score (nSPS) is 11.5. The zero-order chi connectivity index (χ0) is 12.5. The lowest BCUT2D eigenvalue weighted by Crippen LogP contribution is -2.18. The summed E-state index contributed by atoms with van der Waals surface area (Å²) in [5.74, 6) is -0.881. The largest absolute Gasteiger partial charge is 0.478 e. The SMILES string of the molecule is C/C(=C/C(=O)O)CNCCCc1ccccc1. The van der Waals surface area contributed by atoms with Crippen molar-refractivity contribution in [2.24, 2.45) is 0 Å². The summed E-state index contributed by atoms with van der Waals surface area (Å²) in [6.07, 6.45) is 3.35. The van der Waals surface area contributed by atoms with Crippen LogP contribution >= 0.6 is 0 Å². The smallest absolute Gasteiger partial charge is 0.328 e. The Kier molecular flexibility index (Phi) is 6.04. The van der Waals surface area contributed by atoms with Crippen molar-refractivity contribution in [2.45, 2.75) is 19.8 Å². The molecule has 0 aromatic heterocycles. The van der Waals surface area contributed by atoms with E-state index in [4.69, 9.17) is 5.11 Å². The van der Waals surface area contributed by atoms with Gasteiger partial charge in [-0.1, -0.05) is 35.9 Å². The molecule has 3 nitrogen and oxygen atoms in total. The molecule has 1 aromatic carbocycles. The molecule has 92 valence electrons. The van der Waals surface area contributed by atoms with Crippen LogP contribution in [0.3, 0.4) is 0 Å². The van der Waals surface area contributed by atoms with Crippen molar-refractivity contribution in [2.75, 3.05) is 13.1 Å². The molecule has 0 atom stereocenters. The summed E-state index contributed by atoms with van der Waals surface area (Å²) in [5, 5.41) is 11.8.